The van der Waals surface area contributed by atoms with Crippen LogP contribution in [-0.4, -0.2) is 33.8 Å². The van der Waals surface area contributed by atoms with Gasteiger partial charge < -0.3 is 4.90 Å². The minimum Gasteiger partial charge on any atom is -0.308 e. The van der Waals surface area contributed by atoms with Crippen molar-refractivity contribution in [3.05, 3.63) is 40.8 Å². The van der Waals surface area contributed by atoms with Gasteiger partial charge in [-0.25, -0.2) is 4.68 Å². The van der Waals surface area contributed by atoms with Gasteiger partial charge in [0.1, 0.15) is 5.69 Å². The van der Waals surface area contributed by atoms with Crippen LogP contribution in [0.2, 0.25) is 5.15 Å². The first-order chi connectivity index (χ1) is 11.1. The minimum atomic E-state index is -0.314. The van der Waals surface area contributed by atoms with E-state index in [1.54, 1.807) is 41.2 Å². The normalized spacial score (nSPS) is 12.0. The van der Waals surface area contributed by atoms with E-state index in [0.29, 0.717) is 18.7 Å². The molecule has 2 heterocycles. The summed E-state index contributed by atoms with van der Waals surface area (Å²) in [6, 6.07) is 3.64. The molecule has 2 rings (SSSR count). The van der Waals surface area contributed by atoms with Crippen LogP contribution in [0.4, 0.5) is 5.69 Å². The highest BCUT2D eigenvalue weighted by atomic mass is 35.5. The SMILES string of the molecule is CCN(C(=O)C(C)CCN=O)c1cn(-c2cccnc2)nc1Cl. The van der Waals surface area contributed by atoms with Crippen molar-refractivity contribution in [1.82, 2.24) is 14.8 Å². The average Bonchev–Trinajstić information content (AvgIpc) is 2.96. The molecule has 2 aromatic heterocycles. The fourth-order valence-corrected chi connectivity index (χ4v) is 2.46. The Labute approximate surface area is 139 Å². The highest BCUT2D eigenvalue weighted by Gasteiger charge is 2.24. The van der Waals surface area contributed by atoms with Gasteiger partial charge in [-0.15, -0.1) is 0 Å². The molecule has 0 saturated heterocycles. The number of aromatic nitrogens is 3. The predicted octanol–water partition coefficient (Wildman–Crippen LogP) is 3.07. The summed E-state index contributed by atoms with van der Waals surface area (Å²) in [4.78, 5) is 28.4. The van der Waals surface area contributed by atoms with Gasteiger partial charge in [0.25, 0.3) is 0 Å². The van der Waals surface area contributed by atoms with Gasteiger partial charge in [-0.05, 0) is 25.5 Å². The molecule has 122 valence electrons. The van der Waals surface area contributed by atoms with Gasteiger partial charge in [-0.2, -0.15) is 10.0 Å². The molecule has 0 bridgehead atoms. The first kappa shape index (κ1) is 17.1. The molecule has 0 aromatic carbocycles. The van der Waals surface area contributed by atoms with E-state index in [-0.39, 0.29) is 23.5 Å². The third-order valence-electron chi connectivity index (χ3n) is 3.51. The van der Waals surface area contributed by atoms with Gasteiger partial charge in [0.15, 0.2) is 5.15 Å². The molecule has 0 N–H and O–H groups in total. The third-order valence-corrected chi connectivity index (χ3v) is 3.78. The number of hydrogen-bond donors (Lipinski definition) is 0. The van der Waals surface area contributed by atoms with Crippen LogP contribution in [0.15, 0.2) is 35.9 Å². The predicted molar refractivity (Wildman–Crippen MR) is 88.8 cm³/mol. The number of rotatable bonds is 7. The molecule has 1 unspecified atom stereocenters. The van der Waals surface area contributed by atoms with Crippen molar-refractivity contribution in [3.63, 3.8) is 0 Å². The summed E-state index contributed by atoms with van der Waals surface area (Å²) >= 11 is 6.21. The molecular formula is C15H18ClN5O2. The van der Waals surface area contributed by atoms with Crippen LogP contribution in [-0.2, 0) is 4.79 Å². The Hall–Kier alpha value is -2.28. The minimum absolute atomic E-state index is 0.108. The summed E-state index contributed by atoms with van der Waals surface area (Å²) in [6.45, 7) is 4.21. The Morgan fingerprint density at radius 3 is 2.91 bits per heavy atom. The second-order valence-corrected chi connectivity index (χ2v) is 5.44. The maximum Gasteiger partial charge on any atom is 0.230 e. The molecular weight excluding hydrogens is 318 g/mol. The zero-order chi connectivity index (χ0) is 16.8. The van der Waals surface area contributed by atoms with E-state index in [9.17, 15) is 9.70 Å². The fraction of sp³-hybridized carbons (Fsp3) is 0.400. The fourth-order valence-electron chi connectivity index (χ4n) is 2.23. The van der Waals surface area contributed by atoms with Crippen LogP contribution in [0.25, 0.3) is 5.69 Å². The molecule has 0 spiro atoms. The van der Waals surface area contributed by atoms with E-state index in [4.69, 9.17) is 11.6 Å². The van der Waals surface area contributed by atoms with E-state index in [2.05, 4.69) is 15.3 Å². The van der Waals surface area contributed by atoms with Crippen LogP contribution >= 0.6 is 11.6 Å². The Bertz CT molecular complexity index is 674. The molecule has 1 amide bonds. The van der Waals surface area contributed by atoms with Gasteiger partial charge in [0.2, 0.25) is 5.91 Å². The molecule has 0 saturated carbocycles. The summed E-state index contributed by atoms with van der Waals surface area (Å²) in [7, 11) is 0. The second-order valence-electron chi connectivity index (χ2n) is 5.09. The first-order valence-corrected chi connectivity index (χ1v) is 7.72. The molecule has 8 heteroatoms. The number of nitroso groups, excluding NO2 is 1. The van der Waals surface area contributed by atoms with Crippen LogP contribution in [0.1, 0.15) is 20.3 Å². The Kier molecular flexibility index (Phi) is 5.81. The van der Waals surface area contributed by atoms with Crippen LogP contribution in [0.3, 0.4) is 0 Å². The summed E-state index contributed by atoms with van der Waals surface area (Å²) in [6.07, 6.45) is 5.43. The summed E-state index contributed by atoms with van der Waals surface area (Å²) in [5.41, 5.74) is 1.29. The van der Waals surface area contributed by atoms with Gasteiger partial charge in [-0.3, -0.25) is 9.78 Å². The zero-order valence-corrected chi connectivity index (χ0v) is 13.8. The van der Waals surface area contributed by atoms with Crippen molar-refractivity contribution in [2.24, 2.45) is 11.1 Å². The lowest BCUT2D eigenvalue weighted by Gasteiger charge is -2.22. The van der Waals surface area contributed by atoms with Crippen molar-refractivity contribution in [1.29, 1.82) is 0 Å². The molecule has 0 fully saturated rings. The quantitative estimate of drug-likeness (QED) is 0.728. The number of amides is 1. The Balaban J connectivity index is 2.26. The van der Waals surface area contributed by atoms with Crippen LogP contribution in [0.5, 0.6) is 0 Å². The Morgan fingerprint density at radius 1 is 1.52 bits per heavy atom. The van der Waals surface area contributed by atoms with E-state index in [1.165, 1.54) is 0 Å². The highest BCUT2D eigenvalue weighted by molar-refractivity contribution is 6.32. The first-order valence-electron chi connectivity index (χ1n) is 7.34. The van der Waals surface area contributed by atoms with Crippen molar-refractivity contribution >= 4 is 23.2 Å². The molecule has 23 heavy (non-hydrogen) atoms. The monoisotopic (exact) mass is 335 g/mol. The molecule has 0 aliphatic carbocycles. The number of carbonyl (C=O) groups excluding carboxylic acids is 1. The number of carbonyl (C=O) groups is 1. The molecule has 0 aliphatic rings. The second kappa shape index (κ2) is 7.82. The average molecular weight is 336 g/mol. The summed E-state index contributed by atoms with van der Waals surface area (Å²) < 4.78 is 1.58. The van der Waals surface area contributed by atoms with Gasteiger partial charge in [0, 0.05) is 18.7 Å². The number of nitrogens with zero attached hydrogens (tertiary/aromatic N) is 5. The standard InChI is InChI=1S/C15H18ClN5O2/c1-3-20(15(22)11(2)6-8-18-23)13-10-21(19-14(13)16)12-5-4-7-17-9-12/h4-5,7,9-11H,3,6,8H2,1-2H3. The number of hydrogen-bond acceptors (Lipinski definition) is 5. The number of halogens is 1. The molecule has 0 aliphatic heterocycles. The number of anilines is 1. The Morgan fingerprint density at radius 2 is 2.30 bits per heavy atom. The topological polar surface area (TPSA) is 80.5 Å². The zero-order valence-electron chi connectivity index (χ0n) is 13.0. The van der Waals surface area contributed by atoms with Crippen molar-refractivity contribution in [3.8, 4) is 5.69 Å². The summed E-state index contributed by atoms with van der Waals surface area (Å²) in [5.74, 6) is -0.422. The van der Waals surface area contributed by atoms with Crippen molar-refractivity contribution in [2.75, 3.05) is 18.0 Å². The van der Waals surface area contributed by atoms with E-state index < -0.39 is 0 Å². The molecule has 7 nitrogen and oxygen atoms in total. The van der Waals surface area contributed by atoms with E-state index in [0.717, 1.165) is 5.69 Å². The maximum absolute atomic E-state index is 12.6. The lowest BCUT2D eigenvalue weighted by molar-refractivity contribution is -0.122. The van der Waals surface area contributed by atoms with Gasteiger partial charge in [-0.1, -0.05) is 23.7 Å². The van der Waals surface area contributed by atoms with Crippen LogP contribution < -0.4 is 4.90 Å². The highest BCUT2D eigenvalue weighted by Crippen LogP contribution is 2.27. The summed E-state index contributed by atoms with van der Waals surface area (Å²) in [5, 5.41) is 7.28. The van der Waals surface area contributed by atoms with Crippen LogP contribution in [0, 0.1) is 10.8 Å². The maximum atomic E-state index is 12.6. The van der Waals surface area contributed by atoms with Crippen molar-refractivity contribution < 1.29 is 4.79 Å². The van der Waals surface area contributed by atoms with E-state index >= 15 is 0 Å². The molecule has 2 aromatic rings. The third kappa shape index (κ3) is 3.92. The lowest BCUT2D eigenvalue weighted by atomic mass is 10.1. The largest absolute Gasteiger partial charge is 0.308 e. The van der Waals surface area contributed by atoms with Crippen molar-refractivity contribution in [2.45, 2.75) is 20.3 Å². The smallest absolute Gasteiger partial charge is 0.230 e. The van der Waals surface area contributed by atoms with E-state index in [1.807, 2.05) is 13.0 Å². The molecule has 0 radical (unpaired) electrons. The lowest BCUT2D eigenvalue weighted by Crippen LogP contribution is -2.35. The molecule has 1 atom stereocenters. The van der Waals surface area contributed by atoms with Gasteiger partial charge in [0.05, 0.1) is 24.6 Å². The van der Waals surface area contributed by atoms with Gasteiger partial charge >= 0.3 is 0 Å². The number of pyridine rings is 1.